The summed E-state index contributed by atoms with van der Waals surface area (Å²) in [6.45, 7) is 3.82. The molecule has 0 aliphatic rings. The van der Waals surface area contributed by atoms with Crippen molar-refractivity contribution in [2.75, 3.05) is 13.7 Å². The molecule has 1 aromatic heterocycles. The third-order valence-corrected chi connectivity index (χ3v) is 3.15. The highest BCUT2D eigenvalue weighted by Gasteiger charge is 2.21. The van der Waals surface area contributed by atoms with Crippen molar-refractivity contribution in [3.63, 3.8) is 0 Å². The Morgan fingerprint density at radius 3 is 2.76 bits per heavy atom. The molecule has 1 aromatic carbocycles. The number of aromatic nitrogens is 2. The molecule has 0 amide bonds. The van der Waals surface area contributed by atoms with Crippen LogP contribution in [-0.2, 0) is 4.74 Å². The van der Waals surface area contributed by atoms with E-state index in [0.717, 1.165) is 0 Å². The number of para-hydroxylation sites is 1. The van der Waals surface area contributed by atoms with Gasteiger partial charge in [-0.05, 0) is 38.2 Å². The van der Waals surface area contributed by atoms with E-state index >= 15 is 0 Å². The van der Waals surface area contributed by atoms with E-state index < -0.39 is 5.97 Å². The molecule has 0 aliphatic carbocycles. The van der Waals surface area contributed by atoms with Gasteiger partial charge in [-0.1, -0.05) is 12.1 Å². The lowest BCUT2D eigenvalue weighted by atomic mass is 10.0. The molecule has 21 heavy (non-hydrogen) atoms. The van der Waals surface area contributed by atoms with E-state index in [2.05, 4.69) is 9.97 Å². The number of benzene rings is 1. The molecule has 0 bridgehead atoms. The molecule has 0 spiro atoms. The average molecular weight is 304 g/mol. The zero-order valence-electron chi connectivity index (χ0n) is 12.1. The van der Waals surface area contributed by atoms with Crippen LogP contribution in [0.3, 0.4) is 0 Å². The van der Waals surface area contributed by atoms with Crippen LogP contribution < -0.4 is 4.74 Å². The Morgan fingerprint density at radius 1 is 1.38 bits per heavy atom. The maximum absolute atomic E-state index is 12.2. The summed E-state index contributed by atoms with van der Waals surface area (Å²) in [6, 6.07) is 7.34. The number of esters is 1. The van der Waals surface area contributed by atoms with E-state index in [1.54, 1.807) is 27.0 Å². The predicted octanol–water partition coefficient (Wildman–Crippen LogP) is 3.30. The summed E-state index contributed by atoms with van der Waals surface area (Å²) in [5.74, 6) is 0.185. The number of carbonyl (C=O) groups excluding carboxylic acids is 1. The summed E-state index contributed by atoms with van der Waals surface area (Å²) >= 11 is 5.12. The molecule has 110 valence electrons. The molecule has 2 aromatic rings. The Balaban J connectivity index is 2.72. The highest BCUT2D eigenvalue weighted by molar-refractivity contribution is 7.71. The zero-order valence-corrected chi connectivity index (χ0v) is 12.9. The van der Waals surface area contributed by atoms with Gasteiger partial charge in [-0.2, -0.15) is 0 Å². The number of ether oxygens (including phenoxy) is 2. The molecule has 0 aliphatic heterocycles. The predicted molar refractivity (Wildman–Crippen MR) is 82.1 cm³/mol. The van der Waals surface area contributed by atoms with Gasteiger partial charge in [0.1, 0.15) is 11.3 Å². The number of H-pyrrole nitrogens is 1. The summed E-state index contributed by atoms with van der Waals surface area (Å²) in [4.78, 5) is 19.4. The quantitative estimate of drug-likeness (QED) is 0.693. The molecule has 1 heterocycles. The van der Waals surface area contributed by atoms with Crippen molar-refractivity contribution in [1.82, 2.24) is 9.97 Å². The Morgan fingerprint density at radius 2 is 2.10 bits per heavy atom. The summed E-state index contributed by atoms with van der Waals surface area (Å²) in [6.07, 6.45) is 0. The minimum Gasteiger partial charge on any atom is -0.496 e. The number of aryl methyl sites for hydroxylation is 1. The molecular formula is C15H16N2O3S. The Labute approximate surface area is 127 Å². The molecule has 0 unspecified atom stereocenters. The fourth-order valence-corrected chi connectivity index (χ4v) is 2.32. The number of hydrogen-bond acceptors (Lipinski definition) is 5. The highest BCUT2D eigenvalue weighted by Crippen LogP contribution is 2.31. The van der Waals surface area contributed by atoms with Crippen LogP contribution in [0.15, 0.2) is 24.3 Å². The van der Waals surface area contributed by atoms with E-state index in [9.17, 15) is 4.79 Å². The number of methoxy groups -OCH3 is 1. The minimum absolute atomic E-state index is 0.291. The van der Waals surface area contributed by atoms with Gasteiger partial charge in [-0.25, -0.2) is 9.78 Å². The van der Waals surface area contributed by atoms with Gasteiger partial charge in [0.25, 0.3) is 0 Å². The highest BCUT2D eigenvalue weighted by atomic mass is 32.1. The van der Waals surface area contributed by atoms with E-state index in [1.807, 2.05) is 18.2 Å². The minimum atomic E-state index is -0.436. The number of aromatic amines is 1. The lowest BCUT2D eigenvalue weighted by Gasteiger charge is -2.13. The number of rotatable bonds is 4. The first-order chi connectivity index (χ1) is 10.1. The lowest BCUT2D eigenvalue weighted by molar-refractivity contribution is 0.0525. The molecule has 0 fully saturated rings. The fourth-order valence-electron chi connectivity index (χ4n) is 2.07. The van der Waals surface area contributed by atoms with E-state index in [0.29, 0.717) is 39.6 Å². The maximum Gasteiger partial charge on any atom is 0.342 e. The molecule has 2 rings (SSSR count). The molecule has 0 saturated heterocycles. The smallest absolute Gasteiger partial charge is 0.342 e. The lowest BCUT2D eigenvalue weighted by Crippen LogP contribution is -2.12. The van der Waals surface area contributed by atoms with Crippen molar-refractivity contribution in [3.8, 4) is 17.0 Å². The van der Waals surface area contributed by atoms with Gasteiger partial charge in [0.2, 0.25) is 0 Å². The number of nitrogens with one attached hydrogen (secondary N) is 1. The van der Waals surface area contributed by atoms with Gasteiger partial charge in [0.15, 0.2) is 4.77 Å². The average Bonchev–Trinajstić information content (AvgIpc) is 2.46. The van der Waals surface area contributed by atoms with Crippen LogP contribution >= 0.6 is 12.2 Å². The van der Waals surface area contributed by atoms with E-state index in [1.165, 1.54) is 0 Å². The second-order valence-electron chi connectivity index (χ2n) is 4.31. The fraction of sp³-hybridized carbons (Fsp3) is 0.267. The molecule has 0 radical (unpaired) electrons. The van der Waals surface area contributed by atoms with Crippen LogP contribution in [0.25, 0.3) is 11.3 Å². The third kappa shape index (κ3) is 3.11. The van der Waals surface area contributed by atoms with E-state index in [4.69, 9.17) is 21.7 Å². The maximum atomic E-state index is 12.2. The van der Waals surface area contributed by atoms with Crippen LogP contribution in [0.5, 0.6) is 5.75 Å². The van der Waals surface area contributed by atoms with Crippen molar-refractivity contribution in [1.29, 1.82) is 0 Å². The summed E-state index contributed by atoms with van der Waals surface area (Å²) in [7, 11) is 1.57. The SMILES string of the molecule is CCOC(=O)c1c(-c2ccccc2OC)nc(=S)[nH]c1C. The molecule has 6 heteroatoms. The molecule has 0 saturated carbocycles. The van der Waals surface area contributed by atoms with Crippen LogP contribution in [0.1, 0.15) is 23.0 Å². The largest absolute Gasteiger partial charge is 0.496 e. The Bertz CT molecular complexity index is 725. The van der Waals surface area contributed by atoms with Crippen molar-refractivity contribution >= 4 is 18.2 Å². The first-order valence-corrected chi connectivity index (χ1v) is 6.90. The van der Waals surface area contributed by atoms with Crippen molar-refractivity contribution in [2.45, 2.75) is 13.8 Å². The monoisotopic (exact) mass is 304 g/mol. The van der Waals surface area contributed by atoms with Crippen molar-refractivity contribution in [2.24, 2.45) is 0 Å². The topological polar surface area (TPSA) is 64.2 Å². The van der Waals surface area contributed by atoms with Crippen LogP contribution in [0.4, 0.5) is 0 Å². The summed E-state index contributed by atoms with van der Waals surface area (Å²) < 4.78 is 10.8. The summed E-state index contributed by atoms with van der Waals surface area (Å²) in [5.41, 5.74) is 2.16. The van der Waals surface area contributed by atoms with Crippen molar-refractivity contribution in [3.05, 3.63) is 40.3 Å². The van der Waals surface area contributed by atoms with Crippen molar-refractivity contribution < 1.29 is 14.3 Å². The van der Waals surface area contributed by atoms with E-state index in [-0.39, 0.29) is 0 Å². The second-order valence-corrected chi connectivity index (χ2v) is 4.70. The Hall–Kier alpha value is -2.21. The van der Waals surface area contributed by atoms with Gasteiger partial charge in [0, 0.05) is 11.3 Å². The molecule has 1 N–H and O–H groups in total. The van der Waals surface area contributed by atoms with Crippen LogP contribution in [0.2, 0.25) is 0 Å². The normalized spacial score (nSPS) is 10.2. The zero-order chi connectivity index (χ0) is 15.4. The van der Waals surface area contributed by atoms with Crippen LogP contribution in [0, 0.1) is 11.7 Å². The first kappa shape index (κ1) is 15.2. The second kappa shape index (κ2) is 6.49. The van der Waals surface area contributed by atoms with Crippen LogP contribution in [-0.4, -0.2) is 29.7 Å². The van der Waals surface area contributed by atoms with Gasteiger partial charge < -0.3 is 14.5 Å². The summed E-state index contributed by atoms with van der Waals surface area (Å²) in [5, 5.41) is 0. The van der Waals surface area contributed by atoms with Gasteiger partial charge >= 0.3 is 5.97 Å². The van der Waals surface area contributed by atoms with Gasteiger partial charge in [-0.15, -0.1) is 0 Å². The molecular weight excluding hydrogens is 288 g/mol. The van der Waals surface area contributed by atoms with Gasteiger partial charge in [-0.3, -0.25) is 0 Å². The molecule has 0 atom stereocenters. The Kier molecular flexibility index (Phi) is 4.70. The van der Waals surface area contributed by atoms with Gasteiger partial charge in [0.05, 0.1) is 19.4 Å². The number of carbonyl (C=O) groups is 1. The molecule has 5 nitrogen and oxygen atoms in total. The third-order valence-electron chi connectivity index (χ3n) is 2.96. The number of nitrogens with zero attached hydrogens (tertiary/aromatic N) is 1. The number of hydrogen-bond donors (Lipinski definition) is 1. The first-order valence-electron chi connectivity index (χ1n) is 6.50. The standard InChI is InChI=1S/C15H16N2O3S/c1-4-20-14(18)12-9(2)16-15(21)17-13(12)10-7-5-6-8-11(10)19-3/h5-8H,4H2,1-3H3,(H,16,17,21).